The van der Waals surface area contributed by atoms with Gasteiger partial charge in [0.15, 0.2) is 6.61 Å². The molecule has 1 rings (SSSR count). The van der Waals surface area contributed by atoms with Gasteiger partial charge in [-0.05, 0) is 30.7 Å². The third-order valence-corrected chi connectivity index (χ3v) is 1.66. The van der Waals surface area contributed by atoms with E-state index in [9.17, 15) is 9.59 Å². The average molecular weight is 209 g/mol. The standard InChI is InChI=1S/C10H11NO4/c1-6-2-7(4-8(11)3-6)10(14)15-5-9(12)13/h2-4H,5,11H2,1H3,(H,12,13). The van der Waals surface area contributed by atoms with Gasteiger partial charge in [-0.15, -0.1) is 0 Å². The average Bonchev–Trinajstić information content (AvgIpc) is 2.12. The third-order valence-electron chi connectivity index (χ3n) is 1.66. The van der Waals surface area contributed by atoms with Crippen LogP contribution in [0.3, 0.4) is 0 Å². The predicted molar refractivity (Wildman–Crippen MR) is 53.5 cm³/mol. The number of ether oxygens (including phenoxy) is 1. The van der Waals surface area contributed by atoms with Crippen molar-refractivity contribution in [2.24, 2.45) is 0 Å². The van der Waals surface area contributed by atoms with Gasteiger partial charge in [0.1, 0.15) is 0 Å². The van der Waals surface area contributed by atoms with Crippen LogP contribution >= 0.6 is 0 Å². The Balaban J connectivity index is 2.77. The Morgan fingerprint density at radius 2 is 2.07 bits per heavy atom. The molecule has 0 amide bonds. The fourth-order valence-electron chi connectivity index (χ4n) is 1.14. The van der Waals surface area contributed by atoms with E-state index in [1.54, 1.807) is 19.1 Å². The number of aryl methyl sites for hydroxylation is 1. The van der Waals surface area contributed by atoms with Crippen molar-refractivity contribution in [3.63, 3.8) is 0 Å². The molecule has 0 unspecified atom stereocenters. The molecule has 5 heteroatoms. The van der Waals surface area contributed by atoms with Crippen molar-refractivity contribution in [2.75, 3.05) is 12.3 Å². The van der Waals surface area contributed by atoms with Crippen molar-refractivity contribution in [3.8, 4) is 0 Å². The number of esters is 1. The summed E-state index contributed by atoms with van der Waals surface area (Å²) >= 11 is 0. The zero-order chi connectivity index (χ0) is 11.4. The van der Waals surface area contributed by atoms with Crippen LogP contribution in [0.25, 0.3) is 0 Å². The maximum absolute atomic E-state index is 11.3. The Hall–Kier alpha value is -2.04. The number of nitrogens with two attached hydrogens (primary N) is 1. The van der Waals surface area contributed by atoms with E-state index >= 15 is 0 Å². The number of hydrogen-bond donors (Lipinski definition) is 2. The summed E-state index contributed by atoms with van der Waals surface area (Å²) in [6, 6.07) is 4.73. The van der Waals surface area contributed by atoms with Gasteiger partial charge in [-0.2, -0.15) is 0 Å². The topological polar surface area (TPSA) is 89.6 Å². The molecule has 0 saturated heterocycles. The molecule has 0 aliphatic rings. The van der Waals surface area contributed by atoms with Crippen molar-refractivity contribution in [1.82, 2.24) is 0 Å². The van der Waals surface area contributed by atoms with Crippen molar-refractivity contribution in [3.05, 3.63) is 29.3 Å². The van der Waals surface area contributed by atoms with E-state index in [2.05, 4.69) is 4.74 Å². The van der Waals surface area contributed by atoms with Gasteiger partial charge in [-0.25, -0.2) is 9.59 Å². The van der Waals surface area contributed by atoms with E-state index in [0.717, 1.165) is 5.56 Å². The lowest BCUT2D eigenvalue weighted by molar-refractivity contribution is -0.140. The molecule has 15 heavy (non-hydrogen) atoms. The molecule has 1 aromatic rings. The second-order valence-electron chi connectivity index (χ2n) is 3.10. The number of anilines is 1. The second-order valence-corrected chi connectivity index (χ2v) is 3.10. The van der Waals surface area contributed by atoms with Crippen LogP contribution in [0.1, 0.15) is 15.9 Å². The van der Waals surface area contributed by atoms with Gasteiger partial charge < -0.3 is 15.6 Å². The summed E-state index contributed by atoms with van der Waals surface area (Å²) in [4.78, 5) is 21.5. The molecular weight excluding hydrogens is 198 g/mol. The monoisotopic (exact) mass is 209 g/mol. The van der Waals surface area contributed by atoms with Crippen LogP contribution in [0.15, 0.2) is 18.2 Å². The van der Waals surface area contributed by atoms with E-state index in [4.69, 9.17) is 10.8 Å². The van der Waals surface area contributed by atoms with Gasteiger partial charge in [-0.3, -0.25) is 0 Å². The quantitative estimate of drug-likeness (QED) is 0.568. The molecule has 0 spiro atoms. The molecule has 3 N–H and O–H groups in total. The highest BCUT2D eigenvalue weighted by molar-refractivity contribution is 5.91. The lowest BCUT2D eigenvalue weighted by Crippen LogP contribution is -2.13. The third kappa shape index (κ3) is 3.30. The van der Waals surface area contributed by atoms with E-state index in [-0.39, 0.29) is 5.56 Å². The van der Waals surface area contributed by atoms with Gasteiger partial charge in [0.05, 0.1) is 5.56 Å². The highest BCUT2D eigenvalue weighted by Crippen LogP contribution is 2.12. The Morgan fingerprint density at radius 3 is 2.60 bits per heavy atom. The summed E-state index contributed by atoms with van der Waals surface area (Å²) in [5.74, 6) is -1.88. The number of carbonyl (C=O) groups excluding carboxylic acids is 1. The molecule has 5 nitrogen and oxygen atoms in total. The van der Waals surface area contributed by atoms with Gasteiger partial charge >= 0.3 is 11.9 Å². The summed E-state index contributed by atoms with van der Waals surface area (Å²) in [5, 5.41) is 8.32. The van der Waals surface area contributed by atoms with Crippen LogP contribution in [0.2, 0.25) is 0 Å². The Kier molecular flexibility index (Phi) is 3.28. The first-order valence-electron chi connectivity index (χ1n) is 4.25. The molecule has 80 valence electrons. The van der Waals surface area contributed by atoms with Crippen molar-refractivity contribution in [2.45, 2.75) is 6.92 Å². The largest absolute Gasteiger partial charge is 0.479 e. The number of benzene rings is 1. The minimum absolute atomic E-state index is 0.258. The maximum atomic E-state index is 11.3. The molecule has 0 bridgehead atoms. The van der Waals surface area contributed by atoms with Crippen LogP contribution in [0.4, 0.5) is 5.69 Å². The number of carbonyl (C=O) groups is 2. The Morgan fingerprint density at radius 1 is 1.40 bits per heavy atom. The maximum Gasteiger partial charge on any atom is 0.341 e. The first kappa shape index (κ1) is 11.0. The summed E-state index contributed by atoms with van der Waals surface area (Å²) in [7, 11) is 0. The van der Waals surface area contributed by atoms with Gasteiger partial charge in [0.25, 0.3) is 0 Å². The van der Waals surface area contributed by atoms with Gasteiger partial charge in [-0.1, -0.05) is 0 Å². The smallest absolute Gasteiger partial charge is 0.341 e. The van der Waals surface area contributed by atoms with Crippen LogP contribution in [-0.4, -0.2) is 23.7 Å². The SMILES string of the molecule is Cc1cc(N)cc(C(=O)OCC(=O)O)c1. The lowest BCUT2D eigenvalue weighted by atomic mass is 10.1. The van der Waals surface area contributed by atoms with E-state index in [0.29, 0.717) is 5.69 Å². The Labute approximate surface area is 86.5 Å². The summed E-state index contributed by atoms with van der Waals surface area (Å²) in [6.45, 7) is 1.14. The number of carboxylic acids is 1. The first-order valence-corrected chi connectivity index (χ1v) is 4.25. The number of hydrogen-bond acceptors (Lipinski definition) is 4. The van der Waals surface area contributed by atoms with Crippen molar-refractivity contribution >= 4 is 17.6 Å². The van der Waals surface area contributed by atoms with E-state index < -0.39 is 18.5 Å². The number of aliphatic carboxylic acids is 1. The van der Waals surface area contributed by atoms with Crippen molar-refractivity contribution < 1.29 is 19.4 Å². The van der Waals surface area contributed by atoms with E-state index in [1.807, 2.05) is 0 Å². The molecule has 0 aliphatic carbocycles. The number of rotatable bonds is 3. The normalized spacial score (nSPS) is 9.67. The zero-order valence-corrected chi connectivity index (χ0v) is 8.19. The Bertz CT molecular complexity index is 380. The van der Waals surface area contributed by atoms with Gasteiger partial charge in [0, 0.05) is 5.69 Å². The lowest BCUT2D eigenvalue weighted by Gasteiger charge is -2.04. The molecule has 0 aromatic heterocycles. The number of nitrogen functional groups attached to an aromatic ring is 1. The van der Waals surface area contributed by atoms with Crippen LogP contribution in [0.5, 0.6) is 0 Å². The highest BCUT2D eigenvalue weighted by atomic mass is 16.5. The molecule has 0 aliphatic heterocycles. The fraction of sp³-hybridized carbons (Fsp3) is 0.200. The van der Waals surface area contributed by atoms with Crippen LogP contribution in [0, 0.1) is 6.92 Å². The summed E-state index contributed by atoms with van der Waals surface area (Å²) < 4.78 is 4.51. The highest BCUT2D eigenvalue weighted by Gasteiger charge is 2.10. The fourth-order valence-corrected chi connectivity index (χ4v) is 1.14. The minimum Gasteiger partial charge on any atom is -0.479 e. The molecule has 1 aromatic carbocycles. The molecular formula is C10H11NO4. The molecule has 0 fully saturated rings. The summed E-state index contributed by atoms with van der Waals surface area (Å²) in [6.07, 6.45) is 0. The molecule has 0 saturated carbocycles. The van der Waals surface area contributed by atoms with Crippen LogP contribution in [-0.2, 0) is 9.53 Å². The zero-order valence-electron chi connectivity index (χ0n) is 8.19. The molecule has 0 heterocycles. The first-order chi connectivity index (χ1) is 6.99. The molecule has 0 radical (unpaired) electrons. The van der Waals surface area contributed by atoms with E-state index in [1.165, 1.54) is 6.07 Å². The number of carboxylic acid groups (broad SMARTS) is 1. The van der Waals surface area contributed by atoms with Crippen molar-refractivity contribution in [1.29, 1.82) is 0 Å². The summed E-state index contributed by atoms with van der Waals surface area (Å²) in [5.41, 5.74) is 7.05. The van der Waals surface area contributed by atoms with Gasteiger partial charge in [0.2, 0.25) is 0 Å². The minimum atomic E-state index is -1.19. The second kappa shape index (κ2) is 4.45. The predicted octanol–water partition coefficient (Wildman–Crippen LogP) is 0.819. The van der Waals surface area contributed by atoms with Crippen LogP contribution < -0.4 is 5.73 Å². The molecule has 0 atom stereocenters.